The number of ether oxygens (including phenoxy) is 2. The number of methoxy groups -OCH3 is 1. The van der Waals surface area contributed by atoms with Crippen molar-refractivity contribution in [3.63, 3.8) is 0 Å². The van der Waals surface area contributed by atoms with Gasteiger partial charge >= 0.3 is 6.09 Å². The van der Waals surface area contributed by atoms with Crippen molar-refractivity contribution in [2.24, 2.45) is 5.92 Å². The lowest BCUT2D eigenvalue weighted by Gasteiger charge is -2.16. The van der Waals surface area contributed by atoms with Crippen LogP contribution >= 0.6 is 0 Å². The summed E-state index contributed by atoms with van der Waals surface area (Å²) in [5.41, 5.74) is 1.10. The standard InChI is InChI=1S/C14H17NO4/c1-18-10-2-3-11-12-8-15(14(16)17)7-9(12)4-5-19-13(11)6-10/h2-3,6,9,12H,4-5,7-8H2,1H3,(H,16,17)/t9-,12-/m1/s1. The van der Waals surface area contributed by atoms with Crippen molar-refractivity contribution in [3.8, 4) is 11.5 Å². The van der Waals surface area contributed by atoms with Crippen molar-refractivity contribution in [2.45, 2.75) is 12.3 Å². The molecule has 5 nitrogen and oxygen atoms in total. The van der Waals surface area contributed by atoms with Gasteiger partial charge in [0.15, 0.2) is 0 Å². The fourth-order valence-corrected chi connectivity index (χ4v) is 3.07. The van der Waals surface area contributed by atoms with E-state index >= 15 is 0 Å². The van der Waals surface area contributed by atoms with Gasteiger partial charge in [-0.1, -0.05) is 6.07 Å². The lowest BCUT2D eigenvalue weighted by molar-refractivity contribution is 0.152. The Kier molecular flexibility index (Phi) is 2.97. The molecule has 3 rings (SSSR count). The zero-order valence-electron chi connectivity index (χ0n) is 10.8. The SMILES string of the molecule is COc1ccc2c(c1)OCC[C@@H]1CN(C(=O)O)C[C@@H]21. The molecule has 0 radical (unpaired) electrons. The lowest BCUT2D eigenvalue weighted by atomic mass is 9.87. The third-order valence-corrected chi connectivity index (χ3v) is 4.08. The molecule has 0 aromatic heterocycles. The molecule has 1 aromatic carbocycles. The summed E-state index contributed by atoms with van der Waals surface area (Å²) in [6.07, 6.45) is 0.0647. The van der Waals surface area contributed by atoms with Crippen LogP contribution in [0.2, 0.25) is 0 Å². The van der Waals surface area contributed by atoms with E-state index < -0.39 is 6.09 Å². The van der Waals surface area contributed by atoms with Gasteiger partial charge in [-0.2, -0.15) is 0 Å². The van der Waals surface area contributed by atoms with Crippen LogP contribution in [0.15, 0.2) is 18.2 Å². The molecule has 2 aliphatic heterocycles. The van der Waals surface area contributed by atoms with Crippen LogP contribution < -0.4 is 9.47 Å². The molecule has 0 bridgehead atoms. The summed E-state index contributed by atoms with van der Waals surface area (Å²) >= 11 is 0. The minimum atomic E-state index is -0.830. The van der Waals surface area contributed by atoms with Gasteiger partial charge in [-0.05, 0) is 24.0 Å². The number of amides is 1. The Labute approximate surface area is 111 Å². The number of hydrogen-bond donors (Lipinski definition) is 1. The fraction of sp³-hybridized carbons (Fsp3) is 0.500. The quantitative estimate of drug-likeness (QED) is 0.843. The molecule has 19 heavy (non-hydrogen) atoms. The monoisotopic (exact) mass is 263 g/mol. The van der Waals surface area contributed by atoms with E-state index in [4.69, 9.17) is 14.6 Å². The Balaban J connectivity index is 1.94. The Morgan fingerprint density at radius 1 is 1.47 bits per heavy atom. The zero-order chi connectivity index (χ0) is 13.4. The number of carbonyl (C=O) groups is 1. The first-order valence-corrected chi connectivity index (χ1v) is 6.47. The molecule has 5 heteroatoms. The van der Waals surface area contributed by atoms with Gasteiger partial charge in [-0.15, -0.1) is 0 Å². The number of hydrogen-bond acceptors (Lipinski definition) is 3. The first-order valence-electron chi connectivity index (χ1n) is 6.47. The Morgan fingerprint density at radius 3 is 3.05 bits per heavy atom. The number of nitrogens with zero attached hydrogens (tertiary/aromatic N) is 1. The van der Waals surface area contributed by atoms with E-state index in [1.165, 1.54) is 4.90 Å². The van der Waals surface area contributed by atoms with Gasteiger partial charge in [0.05, 0.1) is 13.7 Å². The van der Waals surface area contributed by atoms with Crippen LogP contribution in [0.4, 0.5) is 4.79 Å². The molecule has 1 N–H and O–H groups in total. The molecule has 1 fully saturated rings. The second kappa shape index (κ2) is 4.64. The van der Waals surface area contributed by atoms with Crippen LogP contribution in [0.5, 0.6) is 11.5 Å². The minimum Gasteiger partial charge on any atom is -0.497 e. The zero-order valence-corrected chi connectivity index (χ0v) is 10.8. The van der Waals surface area contributed by atoms with Crippen LogP contribution in [-0.4, -0.2) is 42.9 Å². The number of benzene rings is 1. The van der Waals surface area contributed by atoms with Crippen molar-refractivity contribution in [1.82, 2.24) is 4.90 Å². The van der Waals surface area contributed by atoms with E-state index in [0.717, 1.165) is 23.5 Å². The van der Waals surface area contributed by atoms with Crippen molar-refractivity contribution in [2.75, 3.05) is 26.8 Å². The van der Waals surface area contributed by atoms with Gasteiger partial charge in [0.25, 0.3) is 0 Å². The van der Waals surface area contributed by atoms with Gasteiger partial charge in [0, 0.05) is 25.1 Å². The average Bonchev–Trinajstić information content (AvgIpc) is 2.76. The summed E-state index contributed by atoms with van der Waals surface area (Å²) < 4.78 is 11.0. The third-order valence-electron chi connectivity index (χ3n) is 4.08. The fourth-order valence-electron chi connectivity index (χ4n) is 3.07. The first kappa shape index (κ1) is 12.1. The minimum absolute atomic E-state index is 0.236. The van der Waals surface area contributed by atoms with Crippen LogP contribution in [-0.2, 0) is 0 Å². The number of carboxylic acid groups (broad SMARTS) is 1. The highest BCUT2D eigenvalue weighted by molar-refractivity contribution is 5.66. The highest BCUT2D eigenvalue weighted by atomic mass is 16.5. The molecule has 1 aromatic rings. The molecule has 2 heterocycles. The molecule has 102 valence electrons. The average molecular weight is 263 g/mol. The Morgan fingerprint density at radius 2 is 2.32 bits per heavy atom. The molecule has 1 amide bonds. The number of rotatable bonds is 1. The van der Waals surface area contributed by atoms with E-state index in [2.05, 4.69) is 0 Å². The van der Waals surface area contributed by atoms with Crippen LogP contribution in [0.25, 0.3) is 0 Å². The van der Waals surface area contributed by atoms with Gasteiger partial charge in [0.1, 0.15) is 11.5 Å². The summed E-state index contributed by atoms with van der Waals surface area (Å²) in [5.74, 6) is 2.19. The van der Waals surface area contributed by atoms with E-state index in [9.17, 15) is 4.79 Å². The van der Waals surface area contributed by atoms with Crippen molar-refractivity contribution in [1.29, 1.82) is 0 Å². The molecule has 0 aliphatic carbocycles. The summed E-state index contributed by atoms with van der Waals surface area (Å²) in [4.78, 5) is 12.6. The first-order chi connectivity index (χ1) is 9.19. The van der Waals surface area contributed by atoms with Gasteiger partial charge in [-0.3, -0.25) is 0 Å². The van der Waals surface area contributed by atoms with Gasteiger partial charge < -0.3 is 19.5 Å². The Bertz CT molecular complexity index is 502. The second-order valence-corrected chi connectivity index (χ2v) is 5.10. The smallest absolute Gasteiger partial charge is 0.407 e. The summed E-state index contributed by atoms with van der Waals surface area (Å²) in [7, 11) is 1.63. The molecular formula is C14H17NO4. The van der Waals surface area contributed by atoms with Crippen molar-refractivity contribution < 1.29 is 19.4 Å². The maximum absolute atomic E-state index is 11.1. The van der Waals surface area contributed by atoms with Gasteiger partial charge in [-0.25, -0.2) is 4.79 Å². The predicted octanol–water partition coefficient (Wildman–Crippen LogP) is 2.17. The van der Waals surface area contributed by atoms with Crippen molar-refractivity contribution in [3.05, 3.63) is 23.8 Å². The van der Waals surface area contributed by atoms with E-state index in [1.54, 1.807) is 7.11 Å². The molecule has 0 saturated carbocycles. The van der Waals surface area contributed by atoms with Gasteiger partial charge in [0.2, 0.25) is 0 Å². The number of likely N-dealkylation sites (tertiary alicyclic amines) is 1. The largest absolute Gasteiger partial charge is 0.497 e. The maximum Gasteiger partial charge on any atom is 0.407 e. The maximum atomic E-state index is 11.1. The lowest BCUT2D eigenvalue weighted by Crippen LogP contribution is -2.27. The molecule has 0 spiro atoms. The highest BCUT2D eigenvalue weighted by Gasteiger charge is 2.38. The topological polar surface area (TPSA) is 59.0 Å². The summed E-state index contributed by atoms with van der Waals surface area (Å²) in [5, 5.41) is 9.14. The van der Waals surface area contributed by atoms with E-state index in [1.807, 2.05) is 18.2 Å². The summed E-state index contributed by atoms with van der Waals surface area (Å²) in [6.45, 7) is 1.80. The highest BCUT2D eigenvalue weighted by Crippen LogP contribution is 2.42. The number of fused-ring (bicyclic) bond motifs is 3. The third kappa shape index (κ3) is 2.09. The molecule has 2 atom stereocenters. The Hall–Kier alpha value is -1.91. The van der Waals surface area contributed by atoms with Crippen LogP contribution in [0, 0.1) is 5.92 Å². The van der Waals surface area contributed by atoms with E-state index in [0.29, 0.717) is 25.6 Å². The van der Waals surface area contributed by atoms with Crippen molar-refractivity contribution >= 4 is 6.09 Å². The van der Waals surface area contributed by atoms with E-state index in [-0.39, 0.29) is 5.92 Å². The molecule has 0 unspecified atom stereocenters. The molecule has 2 aliphatic rings. The summed E-state index contributed by atoms with van der Waals surface area (Å²) in [6, 6.07) is 5.80. The predicted molar refractivity (Wildman–Crippen MR) is 68.9 cm³/mol. The van der Waals surface area contributed by atoms with Crippen LogP contribution in [0.1, 0.15) is 17.9 Å². The molecule has 1 saturated heterocycles. The molecular weight excluding hydrogens is 246 g/mol. The van der Waals surface area contributed by atoms with Crippen LogP contribution in [0.3, 0.4) is 0 Å². The normalized spacial score (nSPS) is 25.0. The second-order valence-electron chi connectivity index (χ2n) is 5.10.